The van der Waals surface area contributed by atoms with Gasteiger partial charge in [0, 0.05) is 43.0 Å². The minimum atomic E-state index is -0.529. The van der Waals surface area contributed by atoms with Crippen molar-refractivity contribution in [2.75, 3.05) is 18.1 Å². The third-order valence-electron chi connectivity index (χ3n) is 4.62. The van der Waals surface area contributed by atoms with Gasteiger partial charge in [0.1, 0.15) is 17.0 Å². The van der Waals surface area contributed by atoms with Crippen LogP contribution in [0.3, 0.4) is 0 Å². The van der Waals surface area contributed by atoms with Gasteiger partial charge in [0.05, 0.1) is 12.3 Å². The second-order valence-electron chi connectivity index (χ2n) is 6.49. The highest BCUT2D eigenvalue weighted by Crippen LogP contribution is 2.29. The quantitative estimate of drug-likeness (QED) is 0.460. The van der Waals surface area contributed by atoms with Crippen molar-refractivity contribution in [2.24, 2.45) is 4.99 Å². The molecule has 1 aliphatic rings. The van der Waals surface area contributed by atoms with Crippen molar-refractivity contribution in [3.8, 4) is 5.75 Å². The lowest BCUT2D eigenvalue weighted by Crippen LogP contribution is -2.31. The summed E-state index contributed by atoms with van der Waals surface area (Å²) < 4.78 is 4.95. The summed E-state index contributed by atoms with van der Waals surface area (Å²) in [5.41, 5.74) is 3.62. The van der Waals surface area contributed by atoms with E-state index < -0.39 is 5.97 Å². The Morgan fingerprint density at radius 3 is 2.97 bits per heavy atom. The fourth-order valence-corrected chi connectivity index (χ4v) is 3.14. The van der Waals surface area contributed by atoms with E-state index in [0.29, 0.717) is 18.1 Å². The molecule has 7 heteroatoms. The van der Waals surface area contributed by atoms with Gasteiger partial charge < -0.3 is 14.7 Å². The molecule has 0 saturated carbocycles. The number of aromatic nitrogens is 2. The smallest absolute Gasteiger partial charge is 0.341 e. The molecule has 0 fully saturated rings. The summed E-state index contributed by atoms with van der Waals surface area (Å²) in [6, 6.07) is 4.99. The van der Waals surface area contributed by atoms with Crippen molar-refractivity contribution >= 4 is 24.1 Å². The third kappa shape index (κ3) is 4.51. The molecule has 0 unspecified atom stereocenters. The molecule has 3 rings (SSSR count). The van der Waals surface area contributed by atoms with E-state index in [0.717, 1.165) is 29.9 Å². The molecule has 2 heterocycles. The van der Waals surface area contributed by atoms with E-state index in [-0.39, 0.29) is 17.9 Å². The van der Waals surface area contributed by atoms with Crippen LogP contribution in [-0.2, 0) is 17.7 Å². The molecule has 1 N–H and O–H groups in total. The average Bonchev–Trinajstić information content (AvgIpc) is 2.74. The predicted octanol–water partition coefficient (Wildman–Crippen LogP) is 3.54. The average molecular weight is 392 g/mol. The fourth-order valence-electron chi connectivity index (χ4n) is 3.14. The number of anilines is 1. The molecule has 0 spiro atoms. The lowest BCUT2D eigenvalue weighted by Gasteiger charge is -2.30. The van der Waals surface area contributed by atoms with E-state index >= 15 is 0 Å². The maximum atomic E-state index is 11.9. The molecule has 1 aromatic heterocycles. The Morgan fingerprint density at radius 1 is 1.45 bits per heavy atom. The van der Waals surface area contributed by atoms with Crippen molar-refractivity contribution < 1.29 is 14.6 Å². The van der Waals surface area contributed by atoms with E-state index in [9.17, 15) is 9.90 Å². The van der Waals surface area contributed by atoms with Crippen LogP contribution in [0.1, 0.15) is 41.3 Å². The number of carbonyl (C=O) groups excluding carboxylic acids is 1. The van der Waals surface area contributed by atoms with E-state index in [1.165, 1.54) is 0 Å². The number of ether oxygens (including phenoxy) is 1. The molecule has 0 bridgehead atoms. The molecule has 1 aliphatic heterocycles. The van der Waals surface area contributed by atoms with Gasteiger partial charge in [0.15, 0.2) is 5.82 Å². The summed E-state index contributed by atoms with van der Waals surface area (Å²) in [4.78, 5) is 27.1. The number of fused-ring (bicyclic) bond motifs is 1. The number of phenols is 1. The number of rotatable bonds is 6. The topological polar surface area (TPSA) is 87.9 Å². The maximum absolute atomic E-state index is 11.9. The Balaban J connectivity index is 1.80. The molecule has 29 heavy (non-hydrogen) atoms. The number of hydrogen-bond donors (Lipinski definition) is 1. The molecule has 7 nitrogen and oxygen atoms in total. The molecule has 1 aromatic carbocycles. The van der Waals surface area contributed by atoms with Crippen LogP contribution in [0.25, 0.3) is 5.70 Å². The number of allylic oxidation sites excluding steroid dienone is 3. The largest absolute Gasteiger partial charge is 0.507 e. The summed E-state index contributed by atoms with van der Waals surface area (Å²) in [6.07, 6.45) is 8.16. The number of aromatic hydroxyl groups is 1. The molecule has 0 saturated heterocycles. The van der Waals surface area contributed by atoms with Crippen LogP contribution < -0.4 is 4.90 Å². The summed E-state index contributed by atoms with van der Waals surface area (Å²) >= 11 is 0. The van der Waals surface area contributed by atoms with Crippen molar-refractivity contribution in [3.05, 3.63) is 65.3 Å². The number of carbonyl (C=O) groups is 1. The number of aliphatic imine (C=N–C) groups is 1. The maximum Gasteiger partial charge on any atom is 0.341 e. The first-order valence-electron chi connectivity index (χ1n) is 9.47. The molecule has 0 radical (unpaired) electrons. The van der Waals surface area contributed by atoms with Crippen LogP contribution in [0, 0.1) is 0 Å². The van der Waals surface area contributed by atoms with Gasteiger partial charge >= 0.3 is 5.97 Å². The first-order chi connectivity index (χ1) is 14.1. The van der Waals surface area contributed by atoms with Crippen molar-refractivity contribution in [2.45, 2.75) is 26.8 Å². The summed E-state index contributed by atoms with van der Waals surface area (Å²) in [7, 11) is 0. The molecule has 0 atom stereocenters. The molecule has 0 amide bonds. The molecule has 0 aliphatic carbocycles. The number of phenolic OH excluding ortho intramolecular Hbond substituents is 1. The highest BCUT2D eigenvalue weighted by Gasteiger charge is 2.21. The third-order valence-corrected chi connectivity index (χ3v) is 4.62. The van der Waals surface area contributed by atoms with Crippen LogP contribution >= 0.6 is 0 Å². The Kier molecular flexibility index (Phi) is 6.39. The SMILES string of the molecule is C=N/C(=C\C=C/C)c1ncc2c(n1)CCN(c1ccc(C(=O)OCC)c(O)c1)C2. The summed E-state index contributed by atoms with van der Waals surface area (Å²) in [6.45, 7) is 8.86. The number of esters is 1. The number of nitrogens with zero attached hydrogens (tertiary/aromatic N) is 4. The van der Waals surface area contributed by atoms with Gasteiger partial charge in [-0.2, -0.15) is 0 Å². The van der Waals surface area contributed by atoms with Gasteiger partial charge in [-0.1, -0.05) is 12.2 Å². The zero-order valence-electron chi connectivity index (χ0n) is 16.6. The number of benzene rings is 1. The van der Waals surface area contributed by atoms with E-state index in [4.69, 9.17) is 4.74 Å². The van der Waals surface area contributed by atoms with E-state index in [1.807, 2.05) is 37.4 Å². The highest BCUT2D eigenvalue weighted by atomic mass is 16.5. The van der Waals surface area contributed by atoms with Gasteiger partial charge in [-0.25, -0.2) is 14.8 Å². The zero-order valence-corrected chi connectivity index (χ0v) is 16.6. The monoisotopic (exact) mass is 392 g/mol. The first-order valence-corrected chi connectivity index (χ1v) is 9.47. The Labute approximate surface area is 170 Å². The lowest BCUT2D eigenvalue weighted by atomic mass is 10.1. The summed E-state index contributed by atoms with van der Waals surface area (Å²) in [5, 5.41) is 10.2. The minimum Gasteiger partial charge on any atom is -0.507 e. The van der Waals surface area contributed by atoms with Crippen molar-refractivity contribution in [3.63, 3.8) is 0 Å². The lowest BCUT2D eigenvalue weighted by molar-refractivity contribution is 0.0523. The summed E-state index contributed by atoms with van der Waals surface area (Å²) in [5.74, 6) is -0.0602. The van der Waals surface area contributed by atoms with Crippen molar-refractivity contribution in [1.82, 2.24) is 9.97 Å². The molecule has 2 aromatic rings. The van der Waals surface area contributed by atoms with E-state index in [2.05, 4.69) is 26.6 Å². The van der Waals surface area contributed by atoms with Crippen LogP contribution in [-0.4, -0.2) is 40.9 Å². The molecule has 150 valence electrons. The van der Waals surface area contributed by atoms with Gasteiger partial charge in [0.25, 0.3) is 0 Å². The van der Waals surface area contributed by atoms with Crippen LogP contribution in [0.15, 0.2) is 47.6 Å². The minimum absolute atomic E-state index is 0.0887. The normalized spacial score (nSPS) is 14.0. The zero-order chi connectivity index (χ0) is 20.8. The molecular weight excluding hydrogens is 368 g/mol. The van der Waals surface area contributed by atoms with Crippen LogP contribution in [0.4, 0.5) is 5.69 Å². The van der Waals surface area contributed by atoms with Crippen molar-refractivity contribution in [1.29, 1.82) is 0 Å². The molecular formula is C22H24N4O3. The predicted molar refractivity (Wildman–Crippen MR) is 113 cm³/mol. The van der Waals surface area contributed by atoms with Gasteiger partial charge in [-0.3, -0.25) is 4.99 Å². The van der Waals surface area contributed by atoms with Gasteiger partial charge in [0.2, 0.25) is 0 Å². The Hall–Kier alpha value is -3.48. The van der Waals surface area contributed by atoms with Crippen LogP contribution in [0.2, 0.25) is 0 Å². The van der Waals surface area contributed by atoms with Gasteiger partial charge in [-0.15, -0.1) is 0 Å². The standard InChI is InChI=1S/C22H24N4O3/c1-4-6-7-19(23-3)21-24-13-15-14-26(11-10-18(15)25-21)16-8-9-17(20(27)12-16)22(28)29-5-2/h4,6-9,12-13,27H,3,5,10-11,14H2,1-2H3/b6-4-,19-7-. The first kappa shape index (κ1) is 20.3. The Bertz CT molecular complexity index is 982. The number of hydrogen-bond acceptors (Lipinski definition) is 7. The second kappa shape index (κ2) is 9.14. The highest BCUT2D eigenvalue weighted by molar-refractivity contribution is 5.93. The Morgan fingerprint density at radius 2 is 2.28 bits per heavy atom. The second-order valence-corrected chi connectivity index (χ2v) is 6.49. The van der Waals surface area contributed by atoms with Gasteiger partial charge in [-0.05, 0) is 38.8 Å². The van der Waals surface area contributed by atoms with E-state index in [1.54, 1.807) is 19.1 Å². The fraction of sp³-hybridized carbons (Fsp3) is 0.273. The van der Waals surface area contributed by atoms with Crippen LogP contribution in [0.5, 0.6) is 5.75 Å².